The molecule has 0 spiro atoms. The third-order valence-corrected chi connectivity index (χ3v) is 2.92. The van der Waals surface area contributed by atoms with Crippen LogP contribution in [0.15, 0.2) is 22.8 Å². The molecule has 0 heterocycles. The van der Waals surface area contributed by atoms with Crippen molar-refractivity contribution < 1.29 is 26.2 Å². The minimum absolute atomic E-state index is 0. The van der Waals surface area contributed by atoms with Gasteiger partial charge in [0.05, 0.1) is 0 Å². The molecule has 14 heavy (non-hydrogen) atoms. The average molecular weight is 267 g/mol. The molecule has 0 unspecified atom stereocenters. The maximum absolute atomic E-state index is 2.44. The maximum atomic E-state index is 2.44. The van der Waals surface area contributed by atoms with Gasteiger partial charge in [-0.15, -0.1) is 0 Å². The molecule has 0 aliphatic heterocycles. The molecular formula is C13H19Zr. The van der Waals surface area contributed by atoms with E-state index in [0.29, 0.717) is 0 Å². The van der Waals surface area contributed by atoms with E-state index in [9.17, 15) is 0 Å². The Morgan fingerprint density at radius 2 is 1.79 bits per heavy atom. The fourth-order valence-electron chi connectivity index (χ4n) is 2.36. The van der Waals surface area contributed by atoms with Gasteiger partial charge in [0.25, 0.3) is 0 Å². The Morgan fingerprint density at radius 1 is 1.14 bits per heavy atom. The van der Waals surface area contributed by atoms with E-state index >= 15 is 0 Å². The molecular weight excluding hydrogens is 247 g/mol. The van der Waals surface area contributed by atoms with Crippen molar-refractivity contribution in [2.24, 2.45) is 5.92 Å². The molecule has 1 radical (unpaired) electrons. The summed E-state index contributed by atoms with van der Waals surface area (Å²) < 4.78 is 0. The summed E-state index contributed by atoms with van der Waals surface area (Å²) in [5.74, 6) is 0.795. The first kappa shape index (κ1) is 12.4. The van der Waals surface area contributed by atoms with Crippen LogP contribution in [-0.4, -0.2) is 0 Å². The summed E-state index contributed by atoms with van der Waals surface area (Å²) in [6.07, 6.45) is 11.6. The summed E-state index contributed by atoms with van der Waals surface area (Å²) >= 11 is 0. The third-order valence-electron chi connectivity index (χ3n) is 2.92. The molecule has 2 rings (SSSR count). The zero-order chi connectivity index (χ0) is 9.26. The van der Waals surface area contributed by atoms with E-state index in [1.165, 1.54) is 32.1 Å². The molecule has 0 aromatic carbocycles. The predicted molar refractivity (Wildman–Crippen MR) is 57.3 cm³/mol. The molecule has 0 amide bonds. The van der Waals surface area contributed by atoms with Crippen LogP contribution < -0.4 is 0 Å². The van der Waals surface area contributed by atoms with Gasteiger partial charge in [0, 0.05) is 32.6 Å². The van der Waals surface area contributed by atoms with Crippen LogP contribution in [-0.2, 0) is 26.2 Å². The van der Waals surface area contributed by atoms with E-state index in [-0.39, 0.29) is 26.2 Å². The van der Waals surface area contributed by atoms with Gasteiger partial charge in [-0.05, 0) is 43.6 Å². The van der Waals surface area contributed by atoms with Crippen LogP contribution in [0.1, 0.15) is 46.0 Å². The quantitative estimate of drug-likeness (QED) is 0.707. The second kappa shape index (κ2) is 5.45. The Labute approximate surface area is 107 Å². The SMILES string of the molecule is CC(C)CC1=CC2=C([CH]1)CCCC2.[Zr]. The second-order valence-corrected chi connectivity index (χ2v) is 4.72. The van der Waals surface area contributed by atoms with Crippen molar-refractivity contribution in [2.75, 3.05) is 0 Å². The third kappa shape index (κ3) is 2.92. The van der Waals surface area contributed by atoms with Gasteiger partial charge in [0.2, 0.25) is 0 Å². The van der Waals surface area contributed by atoms with E-state index in [1.807, 2.05) is 0 Å². The van der Waals surface area contributed by atoms with Gasteiger partial charge in [-0.25, -0.2) is 0 Å². The molecule has 0 aromatic rings. The Balaban J connectivity index is 0.000000980. The minimum atomic E-state index is 0. The molecule has 0 atom stereocenters. The molecule has 0 aromatic heterocycles. The fourth-order valence-corrected chi connectivity index (χ4v) is 2.36. The average Bonchev–Trinajstić information content (AvgIpc) is 2.44. The summed E-state index contributed by atoms with van der Waals surface area (Å²) in [5, 5.41) is 0. The first-order valence-corrected chi connectivity index (χ1v) is 5.53. The molecule has 0 saturated carbocycles. The van der Waals surface area contributed by atoms with E-state index in [2.05, 4.69) is 26.3 Å². The number of hydrogen-bond acceptors (Lipinski definition) is 0. The van der Waals surface area contributed by atoms with Crippen molar-refractivity contribution in [2.45, 2.75) is 46.0 Å². The Bertz CT molecular complexity index is 258. The minimum Gasteiger partial charge on any atom is -0.0625 e. The fraction of sp³-hybridized carbons (Fsp3) is 0.615. The number of rotatable bonds is 2. The standard InChI is InChI=1S/C13H19.Zr/c1-10(2)7-11-8-12-5-3-4-6-13(12)9-11;/h8-10H,3-7H2,1-2H3;. The molecule has 2 aliphatic rings. The molecule has 0 fully saturated rings. The van der Waals surface area contributed by atoms with Crippen molar-refractivity contribution in [1.29, 1.82) is 0 Å². The zero-order valence-corrected chi connectivity index (χ0v) is 11.7. The summed E-state index contributed by atoms with van der Waals surface area (Å²) in [4.78, 5) is 0. The summed E-state index contributed by atoms with van der Waals surface area (Å²) in [6, 6.07) is 0. The van der Waals surface area contributed by atoms with Gasteiger partial charge < -0.3 is 0 Å². The molecule has 2 aliphatic carbocycles. The summed E-state index contributed by atoms with van der Waals surface area (Å²) in [5.41, 5.74) is 4.85. The molecule has 0 nitrogen and oxygen atoms in total. The van der Waals surface area contributed by atoms with Gasteiger partial charge >= 0.3 is 0 Å². The molecule has 0 N–H and O–H groups in total. The molecule has 0 bridgehead atoms. The van der Waals surface area contributed by atoms with Crippen LogP contribution in [0.25, 0.3) is 0 Å². The molecule has 75 valence electrons. The largest absolute Gasteiger partial charge is 0.0625 e. The van der Waals surface area contributed by atoms with Gasteiger partial charge in [0.1, 0.15) is 0 Å². The molecule has 1 heteroatoms. The van der Waals surface area contributed by atoms with Crippen molar-refractivity contribution in [3.63, 3.8) is 0 Å². The van der Waals surface area contributed by atoms with E-state index in [4.69, 9.17) is 0 Å². The van der Waals surface area contributed by atoms with Crippen molar-refractivity contribution >= 4 is 0 Å². The maximum Gasteiger partial charge on any atom is 0.0119 e. The van der Waals surface area contributed by atoms with Crippen molar-refractivity contribution in [1.82, 2.24) is 0 Å². The Hall–Kier alpha value is 0.363. The first-order valence-electron chi connectivity index (χ1n) is 5.53. The number of hydrogen-bond donors (Lipinski definition) is 0. The van der Waals surface area contributed by atoms with Gasteiger partial charge in [-0.2, -0.15) is 0 Å². The van der Waals surface area contributed by atoms with Crippen molar-refractivity contribution in [3.05, 3.63) is 29.2 Å². The second-order valence-electron chi connectivity index (χ2n) is 4.72. The summed E-state index contributed by atoms with van der Waals surface area (Å²) in [7, 11) is 0. The van der Waals surface area contributed by atoms with Crippen molar-refractivity contribution in [3.8, 4) is 0 Å². The predicted octanol–water partition coefficient (Wildman–Crippen LogP) is 4.04. The van der Waals surface area contributed by atoms with Gasteiger partial charge in [-0.1, -0.05) is 31.1 Å². The van der Waals surface area contributed by atoms with Crippen LogP contribution in [0.4, 0.5) is 0 Å². The Morgan fingerprint density at radius 3 is 2.36 bits per heavy atom. The monoisotopic (exact) mass is 265 g/mol. The van der Waals surface area contributed by atoms with Gasteiger partial charge in [-0.3, -0.25) is 0 Å². The molecule has 0 saturated heterocycles. The normalized spacial score (nSPS) is 20.6. The van der Waals surface area contributed by atoms with Crippen LogP contribution >= 0.6 is 0 Å². The zero-order valence-electron chi connectivity index (χ0n) is 9.27. The Kier molecular flexibility index (Phi) is 4.84. The van der Waals surface area contributed by atoms with Crippen LogP contribution in [0.3, 0.4) is 0 Å². The van der Waals surface area contributed by atoms with Crippen LogP contribution in [0, 0.1) is 12.3 Å². The summed E-state index contributed by atoms with van der Waals surface area (Å²) in [6.45, 7) is 4.60. The topological polar surface area (TPSA) is 0 Å². The smallest absolute Gasteiger partial charge is 0.0119 e. The van der Waals surface area contributed by atoms with E-state index < -0.39 is 0 Å². The first-order chi connectivity index (χ1) is 6.25. The van der Waals surface area contributed by atoms with E-state index in [0.717, 1.165) is 5.92 Å². The van der Waals surface area contributed by atoms with Gasteiger partial charge in [0.15, 0.2) is 0 Å². The van der Waals surface area contributed by atoms with Crippen LogP contribution in [0.2, 0.25) is 0 Å². The van der Waals surface area contributed by atoms with Crippen LogP contribution in [0.5, 0.6) is 0 Å². The van der Waals surface area contributed by atoms with E-state index in [1.54, 1.807) is 16.7 Å². The number of allylic oxidation sites excluding steroid dienone is 4.